The minimum absolute atomic E-state index is 0.0493. The predicted molar refractivity (Wildman–Crippen MR) is 356 cm³/mol. The largest absolute Gasteiger partial charge is 0.371 e. The number of fused-ring (bicyclic) bond motifs is 11. The van der Waals surface area contributed by atoms with Gasteiger partial charge in [-0.3, -0.25) is 0 Å². The smallest absolute Gasteiger partial charge is 0.0544 e. The van der Waals surface area contributed by atoms with Crippen molar-refractivity contribution in [1.82, 2.24) is 4.57 Å². The Morgan fingerprint density at radius 2 is 0.619 bits per heavy atom. The summed E-state index contributed by atoms with van der Waals surface area (Å²) in [6, 6.07) is 58.8. The van der Waals surface area contributed by atoms with Gasteiger partial charge < -0.3 is 19.3 Å². The van der Waals surface area contributed by atoms with Crippen LogP contribution in [0.3, 0.4) is 0 Å². The van der Waals surface area contributed by atoms with E-state index in [0.717, 1.165) is 25.9 Å². The quantitative estimate of drug-likeness (QED) is 0.175. The Labute approximate surface area is 498 Å². The zero-order valence-corrected chi connectivity index (χ0v) is 52.5. The van der Waals surface area contributed by atoms with E-state index in [-0.39, 0.29) is 32.5 Å². The standard InChI is InChI=1S/C80H80N4/c1-45-17-23-68-56(33-45)77(9,10)62-39-51(40-63-73(62)83(68)69-24-18-46(2)34-57(69)78(63,11)12)49-21-27-66-54(37-49)55-38-50(22-28-67(55)82(66)53-43-60-72-61(44-53)76(7,8)30-32-81(72)31-29-75(60,5)6)52-41-64-74-65(42-52)80(15,16)59-36-48(4)20-26-71(59)84(74)70-25-19-47(3)35-58(70)79(64,13)14/h17-28,33-44H,29-32H2,1-16H3. The first-order chi connectivity index (χ1) is 39.8. The van der Waals surface area contributed by atoms with Gasteiger partial charge in [0.05, 0.1) is 45.2 Å². The van der Waals surface area contributed by atoms with Crippen LogP contribution in [0.5, 0.6) is 0 Å². The van der Waals surface area contributed by atoms with Gasteiger partial charge in [0.2, 0.25) is 0 Å². The third-order valence-corrected chi connectivity index (χ3v) is 22.2. The first-order valence-electron chi connectivity index (χ1n) is 31.2. The molecule has 1 aromatic heterocycles. The van der Waals surface area contributed by atoms with Crippen molar-refractivity contribution < 1.29 is 0 Å². The minimum atomic E-state index is -0.245. The molecule has 4 heteroatoms. The van der Waals surface area contributed by atoms with Gasteiger partial charge in [0, 0.05) is 56.9 Å². The van der Waals surface area contributed by atoms with E-state index in [0.29, 0.717) is 0 Å². The Hall–Kier alpha value is -7.82. The average Bonchev–Trinajstić information content (AvgIpc) is 1.05. The van der Waals surface area contributed by atoms with Crippen LogP contribution < -0.4 is 14.7 Å². The van der Waals surface area contributed by atoms with E-state index in [1.807, 2.05) is 0 Å². The zero-order chi connectivity index (χ0) is 58.4. The number of aryl methyl sites for hydroxylation is 4. The molecule has 16 rings (SSSR count). The Morgan fingerprint density at radius 1 is 0.298 bits per heavy atom. The van der Waals surface area contributed by atoms with Crippen LogP contribution in [0, 0.1) is 27.7 Å². The Balaban J connectivity index is 0.959. The van der Waals surface area contributed by atoms with Crippen molar-refractivity contribution in [2.75, 3.05) is 27.8 Å². The Kier molecular flexibility index (Phi) is 10.2. The van der Waals surface area contributed by atoms with Crippen molar-refractivity contribution >= 4 is 61.6 Å². The molecule has 0 saturated carbocycles. The van der Waals surface area contributed by atoms with Gasteiger partial charge in [-0.2, -0.15) is 0 Å². The van der Waals surface area contributed by atoms with Crippen LogP contribution in [0.25, 0.3) is 49.7 Å². The van der Waals surface area contributed by atoms with Crippen molar-refractivity contribution in [3.05, 3.63) is 223 Å². The molecule has 4 nitrogen and oxygen atoms in total. The summed E-state index contributed by atoms with van der Waals surface area (Å²) in [5.74, 6) is 0. The Bertz CT molecular complexity index is 4160. The van der Waals surface area contributed by atoms with Gasteiger partial charge in [0.15, 0.2) is 0 Å². The predicted octanol–water partition coefficient (Wildman–Crippen LogP) is 21.0. The van der Waals surface area contributed by atoms with E-state index in [2.05, 4.69) is 276 Å². The summed E-state index contributed by atoms with van der Waals surface area (Å²) >= 11 is 0. The van der Waals surface area contributed by atoms with Gasteiger partial charge in [0.1, 0.15) is 0 Å². The molecule has 0 unspecified atom stereocenters. The molecular weight excluding hydrogens is 1020 g/mol. The molecular formula is C80H80N4. The van der Waals surface area contributed by atoms with E-state index in [1.165, 1.54) is 167 Å². The lowest BCUT2D eigenvalue weighted by Gasteiger charge is -2.50. The number of benzene rings is 9. The summed E-state index contributed by atoms with van der Waals surface area (Å²) in [7, 11) is 0. The molecule has 0 bridgehead atoms. The normalized spacial score (nSPS) is 18.8. The molecule has 9 aromatic carbocycles. The molecule has 6 aliphatic rings. The summed E-state index contributed by atoms with van der Waals surface area (Å²) in [4.78, 5) is 7.92. The van der Waals surface area contributed by atoms with Crippen molar-refractivity contribution in [3.63, 3.8) is 0 Å². The minimum Gasteiger partial charge on any atom is -0.371 e. The van der Waals surface area contributed by atoms with E-state index < -0.39 is 0 Å². The number of aromatic nitrogens is 1. The fraction of sp³-hybridized carbons (Fsp3) is 0.325. The second-order valence-corrected chi connectivity index (χ2v) is 30.0. The highest BCUT2D eigenvalue weighted by atomic mass is 15.2. The van der Waals surface area contributed by atoms with Crippen molar-refractivity contribution in [3.8, 4) is 27.9 Å². The SMILES string of the molecule is Cc1ccc2c(c1)C(C)(C)c1cc(-c3ccc4c(c3)c3cc(-c5cc6c7c(c5)C(C)(C)c5cc(C)ccc5N7c5ccc(C)cc5C6(C)C)ccc3n4-c3cc4c5c(c3)C(C)(C)CCN5CCC4(C)C)cc3c1N2c1ccc(C)cc1C3(C)C. The Morgan fingerprint density at radius 3 is 0.940 bits per heavy atom. The maximum atomic E-state index is 2.70. The van der Waals surface area contributed by atoms with Crippen LogP contribution in [0.15, 0.2) is 146 Å². The number of rotatable bonds is 3. The van der Waals surface area contributed by atoms with Crippen LogP contribution in [0.4, 0.5) is 39.8 Å². The number of hydrogen-bond acceptors (Lipinski definition) is 3. The van der Waals surface area contributed by atoms with E-state index in [1.54, 1.807) is 0 Å². The van der Waals surface area contributed by atoms with Gasteiger partial charge >= 0.3 is 0 Å². The molecule has 0 saturated heterocycles. The van der Waals surface area contributed by atoms with Gasteiger partial charge in [-0.25, -0.2) is 0 Å². The first kappa shape index (κ1) is 51.8. The summed E-state index contributed by atoms with van der Waals surface area (Å²) < 4.78 is 2.63. The topological polar surface area (TPSA) is 14.7 Å². The van der Waals surface area contributed by atoms with Gasteiger partial charge in [-0.05, 0) is 214 Å². The van der Waals surface area contributed by atoms with Gasteiger partial charge in [0.25, 0.3) is 0 Å². The van der Waals surface area contributed by atoms with Crippen LogP contribution in [-0.4, -0.2) is 17.7 Å². The highest BCUT2D eigenvalue weighted by molar-refractivity contribution is 6.12. The molecule has 0 atom stereocenters. The zero-order valence-electron chi connectivity index (χ0n) is 52.5. The van der Waals surface area contributed by atoms with Crippen LogP contribution in [0.1, 0.15) is 174 Å². The second-order valence-electron chi connectivity index (χ2n) is 30.0. The van der Waals surface area contributed by atoms with Crippen molar-refractivity contribution in [1.29, 1.82) is 0 Å². The van der Waals surface area contributed by atoms with Crippen LogP contribution in [0.2, 0.25) is 0 Å². The fourth-order valence-corrected chi connectivity index (χ4v) is 16.9. The molecule has 6 aliphatic heterocycles. The number of nitrogens with zero attached hydrogens (tertiary/aromatic N) is 4. The molecule has 84 heavy (non-hydrogen) atoms. The highest BCUT2D eigenvalue weighted by Crippen LogP contribution is 2.64. The van der Waals surface area contributed by atoms with Crippen LogP contribution in [-0.2, 0) is 32.5 Å². The highest BCUT2D eigenvalue weighted by Gasteiger charge is 2.49. The molecule has 0 spiro atoms. The summed E-state index contributed by atoms with van der Waals surface area (Å²) in [6.07, 6.45) is 2.30. The van der Waals surface area contributed by atoms with Gasteiger partial charge in [-0.15, -0.1) is 0 Å². The van der Waals surface area contributed by atoms with E-state index >= 15 is 0 Å². The fourth-order valence-electron chi connectivity index (χ4n) is 16.9. The monoisotopic (exact) mass is 1100 g/mol. The maximum Gasteiger partial charge on any atom is 0.0544 e. The summed E-state index contributed by atoms with van der Waals surface area (Å²) in [5, 5.41) is 2.56. The second kappa shape index (κ2) is 16.5. The molecule has 7 heterocycles. The molecule has 420 valence electrons. The molecule has 0 fully saturated rings. The lowest BCUT2D eigenvalue weighted by atomic mass is 9.65. The molecule has 10 aromatic rings. The average molecular weight is 1100 g/mol. The molecule has 0 amide bonds. The third-order valence-electron chi connectivity index (χ3n) is 22.2. The third kappa shape index (κ3) is 6.77. The van der Waals surface area contributed by atoms with Crippen molar-refractivity contribution in [2.45, 2.75) is 156 Å². The summed E-state index contributed by atoms with van der Waals surface area (Å²) in [5.41, 5.74) is 36.5. The number of anilines is 7. The summed E-state index contributed by atoms with van der Waals surface area (Å²) in [6.45, 7) is 40.8. The number of hydrogen-bond donors (Lipinski definition) is 0. The molecule has 0 N–H and O–H groups in total. The molecule has 0 aliphatic carbocycles. The molecule has 0 radical (unpaired) electrons. The van der Waals surface area contributed by atoms with E-state index in [9.17, 15) is 0 Å². The lowest BCUT2D eigenvalue weighted by molar-refractivity contribution is 0.401. The van der Waals surface area contributed by atoms with E-state index in [4.69, 9.17) is 0 Å². The lowest BCUT2D eigenvalue weighted by Crippen LogP contribution is -2.44. The van der Waals surface area contributed by atoms with Gasteiger partial charge in [-0.1, -0.05) is 166 Å². The maximum absolute atomic E-state index is 2.70. The first-order valence-corrected chi connectivity index (χ1v) is 31.2. The van der Waals surface area contributed by atoms with Crippen molar-refractivity contribution in [2.24, 2.45) is 0 Å². The van der Waals surface area contributed by atoms with Crippen LogP contribution >= 0.6 is 0 Å².